The van der Waals surface area contributed by atoms with Gasteiger partial charge >= 0.3 is 0 Å². The molecule has 21 heavy (non-hydrogen) atoms. The van der Waals surface area contributed by atoms with Crippen LogP contribution >= 0.6 is 22.6 Å². The third-order valence-corrected chi connectivity index (χ3v) is 4.09. The smallest absolute Gasteiger partial charge is 0.271 e. The molecule has 0 atom stereocenters. The van der Waals surface area contributed by atoms with Gasteiger partial charge in [0.15, 0.2) is 0 Å². The van der Waals surface area contributed by atoms with E-state index in [0.29, 0.717) is 11.5 Å². The summed E-state index contributed by atoms with van der Waals surface area (Å²) in [7, 11) is 0. The van der Waals surface area contributed by atoms with Gasteiger partial charge < -0.3 is 5.73 Å². The molecule has 0 unspecified atom stereocenters. The molecule has 0 radical (unpaired) electrons. The van der Waals surface area contributed by atoms with Crippen molar-refractivity contribution in [2.24, 2.45) is 5.41 Å². The second-order valence-electron chi connectivity index (χ2n) is 6.07. The van der Waals surface area contributed by atoms with Gasteiger partial charge in [0, 0.05) is 12.1 Å². The van der Waals surface area contributed by atoms with Crippen LogP contribution in [-0.2, 0) is 6.42 Å². The van der Waals surface area contributed by atoms with E-state index >= 15 is 0 Å². The van der Waals surface area contributed by atoms with Crippen molar-refractivity contribution in [1.82, 2.24) is 9.78 Å². The number of benzene rings is 1. The van der Waals surface area contributed by atoms with Crippen LogP contribution < -0.4 is 5.73 Å². The molecule has 0 bridgehead atoms. The van der Waals surface area contributed by atoms with Gasteiger partial charge in [-0.05, 0) is 40.5 Å². The molecule has 112 valence electrons. The minimum absolute atomic E-state index is 0.0229. The number of aromatic nitrogens is 2. The number of nitrogens with two attached hydrogens (primary N) is 1. The zero-order valence-electron chi connectivity index (χ0n) is 12.1. The average Bonchev–Trinajstić information content (AvgIpc) is 2.65. The molecule has 0 aliphatic heterocycles. The van der Waals surface area contributed by atoms with Gasteiger partial charge in [0.25, 0.3) is 5.69 Å². The number of nitrogen functional groups attached to an aromatic ring is 1. The molecule has 2 aromatic rings. The maximum atomic E-state index is 10.9. The first-order chi connectivity index (χ1) is 9.69. The van der Waals surface area contributed by atoms with Gasteiger partial charge in [-0.25, -0.2) is 4.68 Å². The Bertz CT molecular complexity index is 689. The van der Waals surface area contributed by atoms with Crippen LogP contribution in [0, 0.1) is 19.1 Å². The standard InChI is InChI=1S/C14H17IN4O2/c1-14(2,3)8-11-12(15)13(16)18(17-11)9-5-4-6-10(7-9)19(20)21/h4-7H,8,16H2,1-3H3. The van der Waals surface area contributed by atoms with Crippen molar-refractivity contribution in [3.63, 3.8) is 0 Å². The molecule has 1 aromatic carbocycles. The van der Waals surface area contributed by atoms with E-state index in [0.717, 1.165) is 15.7 Å². The fraction of sp³-hybridized carbons (Fsp3) is 0.357. The van der Waals surface area contributed by atoms with E-state index in [2.05, 4.69) is 48.5 Å². The summed E-state index contributed by atoms with van der Waals surface area (Å²) < 4.78 is 2.46. The summed E-state index contributed by atoms with van der Waals surface area (Å²) in [5.74, 6) is 0.510. The second kappa shape index (κ2) is 5.63. The van der Waals surface area contributed by atoms with Gasteiger partial charge in [-0.15, -0.1) is 0 Å². The Balaban J connectivity index is 2.48. The van der Waals surface area contributed by atoms with Gasteiger partial charge in [-0.1, -0.05) is 26.8 Å². The molecule has 0 amide bonds. The number of nitro benzene ring substituents is 1. The topological polar surface area (TPSA) is 87.0 Å². The molecule has 0 saturated carbocycles. The monoisotopic (exact) mass is 400 g/mol. The van der Waals surface area contributed by atoms with Crippen LogP contribution in [0.2, 0.25) is 0 Å². The molecule has 0 spiro atoms. The third-order valence-electron chi connectivity index (χ3n) is 2.91. The molecule has 7 heteroatoms. The molecule has 2 N–H and O–H groups in total. The summed E-state index contributed by atoms with van der Waals surface area (Å²) in [6, 6.07) is 6.31. The fourth-order valence-electron chi connectivity index (χ4n) is 2.01. The van der Waals surface area contributed by atoms with Crippen molar-refractivity contribution in [2.75, 3.05) is 5.73 Å². The van der Waals surface area contributed by atoms with Crippen molar-refractivity contribution in [1.29, 1.82) is 0 Å². The fourth-order valence-corrected chi connectivity index (χ4v) is 2.54. The van der Waals surface area contributed by atoms with Crippen LogP contribution in [0.25, 0.3) is 5.69 Å². The van der Waals surface area contributed by atoms with E-state index in [1.807, 2.05) is 0 Å². The van der Waals surface area contributed by atoms with Crippen molar-refractivity contribution >= 4 is 34.1 Å². The highest BCUT2D eigenvalue weighted by molar-refractivity contribution is 14.1. The van der Waals surface area contributed by atoms with Crippen molar-refractivity contribution in [3.05, 3.63) is 43.6 Å². The number of anilines is 1. The van der Waals surface area contributed by atoms with E-state index < -0.39 is 4.92 Å². The first-order valence-electron chi connectivity index (χ1n) is 6.47. The van der Waals surface area contributed by atoms with E-state index in [9.17, 15) is 10.1 Å². The van der Waals surface area contributed by atoms with E-state index in [4.69, 9.17) is 5.73 Å². The summed E-state index contributed by atoms with van der Waals surface area (Å²) in [4.78, 5) is 10.4. The van der Waals surface area contributed by atoms with Crippen LogP contribution in [0.5, 0.6) is 0 Å². The Hall–Kier alpha value is -1.64. The number of hydrogen-bond donors (Lipinski definition) is 1. The number of rotatable bonds is 3. The molecule has 0 fully saturated rings. The molecule has 1 aromatic heterocycles. The van der Waals surface area contributed by atoms with Gasteiger partial charge in [0.1, 0.15) is 5.82 Å². The molecule has 0 saturated heterocycles. The lowest BCUT2D eigenvalue weighted by atomic mass is 9.91. The minimum Gasteiger partial charge on any atom is -0.383 e. The highest BCUT2D eigenvalue weighted by atomic mass is 127. The van der Waals surface area contributed by atoms with Crippen LogP contribution in [0.15, 0.2) is 24.3 Å². The number of halogens is 1. The van der Waals surface area contributed by atoms with E-state index in [-0.39, 0.29) is 11.1 Å². The minimum atomic E-state index is -0.426. The number of hydrogen-bond acceptors (Lipinski definition) is 4. The lowest BCUT2D eigenvalue weighted by Gasteiger charge is -2.16. The van der Waals surface area contributed by atoms with Crippen molar-refractivity contribution in [2.45, 2.75) is 27.2 Å². The number of non-ortho nitro benzene ring substituents is 1. The van der Waals surface area contributed by atoms with E-state index in [1.54, 1.807) is 16.8 Å². The maximum absolute atomic E-state index is 10.9. The number of nitro groups is 1. The summed E-state index contributed by atoms with van der Waals surface area (Å²) >= 11 is 2.17. The zero-order chi connectivity index (χ0) is 15.8. The second-order valence-corrected chi connectivity index (χ2v) is 7.15. The normalized spacial score (nSPS) is 11.6. The Morgan fingerprint density at radius 3 is 2.67 bits per heavy atom. The summed E-state index contributed by atoms with van der Waals surface area (Å²) in [6.07, 6.45) is 0.789. The molecule has 0 aliphatic carbocycles. The highest BCUT2D eigenvalue weighted by Gasteiger charge is 2.20. The lowest BCUT2D eigenvalue weighted by molar-refractivity contribution is -0.384. The lowest BCUT2D eigenvalue weighted by Crippen LogP contribution is -2.10. The van der Waals surface area contributed by atoms with Crippen LogP contribution in [0.4, 0.5) is 11.5 Å². The van der Waals surface area contributed by atoms with Crippen molar-refractivity contribution in [3.8, 4) is 5.69 Å². The van der Waals surface area contributed by atoms with Crippen molar-refractivity contribution < 1.29 is 4.92 Å². The predicted molar refractivity (Wildman–Crippen MR) is 90.5 cm³/mol. The Labute approximate surface area is 136 Å². The van der Waals surface area contributed by atoms with Gasteiger partial charge in [0.2, 0.25) is 0 Å². The first-order valence-corrected chi connectivity index (χ1v) is 7.54. The average molecular weight is 400 g/mol. The maximum Gasteiger partial charge on any atom is 0.271 e. The summed E-state index contributed by atoms with van der Waals surface area (Å²) in [5.41, 5.74) is 7.72. The summed E-state index contributed by atoms with van der Waals surface area (Å²) in [5, 5.41) is 15.4. The van der Waals surface area contributed by atoms with Gasteiger partial charge in [-0.3, -0.25) is 10.1 Å². The first kappa shape index (κ1) is 15.7. The Morgan fingerprint density at radius 2 is 2.10 bits per heavy atom. The quantitative estimate of drug-likeness (QED) is 0.485. The predicted octanol–water partition coefficient (Wildman–Crippen LogP) is 3.56. The highest BCUT2D eigenvalue weighted by Crippen LogP contribution is 2.29. The molecule has 0 aliphatic rings. The van der Waals surface area contributed by atoms with Crippen LogP contribution in [-0.4, -0.2) is 14.7 Å². The zero-order valence-corrected chi connectivity index (χ0v) is 14.3. The van der Waals surface area contributed by atoms with E-state index in [1.165, 1.54) is 12.1 Å². The van der Waals surface area contributed by atoms with Gasteiger partial charge in [-0.2, -0.15) is 5.10 Å². The Morgan fingerprint density at radius 1 is 1.43 bits per heavy atom. The SMILES string of the molecule is CC(C)(C)Cc1nn(-c2cccc([N+](=O)[O-])c2)c(N)c1I. The molecule has 2 rings (SSSR count). The molecular formula is C14H17IN4O2. The summed E-state index contributed by atoms with van der Waals surface area (Å²) in [6.45, 7) is 6.39. The third kappa shape index (κ3) is 3.52. The molecular weight excluding hydrogens is 383 g/mol. The van der Waals surface area contributed by atoms with Crippen LogP contribution in [0.1, 0.15) is 26.5 Å². The number of nitrogens with zero attached hydrogens (tertiary/aromatic N) is 3. The van der Waals surface area contributed by atoms with Gasteiger partial charge in [0.05, 0.1) is 19.9 Å². The van der Waals surface area contributed by atoms with Crippen LogP contribution in [0.3, 0.4) is 0 Å². The largest absolute Gasteiger partial charge is 0.383 e. The Kier molecular flexibility index (Phi) is 4.22. The molecule has 6 nitrogen and oxygen atoms in total. The molecule has 1 heterocycles.